The maximum atomic E-state index is 6.19. The molecular weight excluding hydrogens is 236 g/mol. The van der Waals surface area contributed by atoms with E-state index in [1.807, 2.05) is 12.1 Å². The fourth-order valence-electron chi connectivity index (χ4n) is 2.75. The zero-order valence-corrected chi connectivity index (χ0v) is 11.2. The number of nitrogens with one attached hydrogen (secondary N) is 1. The van der Waals surface area contributed by atoms with E-state index in [-0.39, 0.29) is 6.04 Å². The van der Waals surface area contributed by atoms with E-state index in [2.05, 4.69) is 37.2 Å². The lowest BCUT2D eigenvalue weighted by Gasteiger charge is -2.09. The van der Waals surface area contributed by atoms with Gasteiger partial charge in [-0.3, -0.25) is 0 Å². The van der Waals surface area contributed by atoms with Crippen LogP contribution in [-0.2, 0) is 6.42 Å². The molecule has 0 saturated carbocycles. The summed E-state index contributed by atoms with van der Waals surface area (Å²) in [5.41, 5.74) is 11.2. The zero-order chi connectivity index (χ0) is 13.4. The molecule has 3 aromatic rings. The first-order valence-corrected chi connectivity index (χ1v) is 6.51. The predicted molar refractivity (Wildman–Crippen MR) is 77.1 cm³/mol. The van der Waals surface area contributed by atoms with Crippen LogP contribution in [0.25, 0.3) is 10.9 Å². The molecule has 0 spiro atoms. The standard InChI is InChI=1S/C16H18N2O/c1-10-6-11(2)16-12(9-18-14(16)7-10)8-13(17)15-4-3-5-19-15/h3-7,9,13,18H,8,17H2,1-2H3. The lowest BCUT2D eigenvalue weighted by atomic mass is 9.99. The first-order chi connectivity index (χ1) is 9.15. The summed E-state index contributed by atoms with van der Waals surface area (Å²) in [6.07, 6.45) is 4.50. The fraction of sp³-hybridized carbons (Fsp3) is 0.250. The van der Waals surface area contributed by atoms with Crippen molar-refractivity contribution in [2.45, 2.75) is 26.3 Å². The van der Waals surface area contributed by atoms with Gasteiger partial charge < -0.3 is 15.1 Å². The van der Waals surface area contributed by atoms with Gasteiger partial charge in [-0.05, 0) is 55.2 Å². The SMILES string of the molecule is Cc1cc(C)c2c(CC(N)c3ccco3)c[nH]c2c1. The third-order valence-corrected chi connectivity index (χ3v) is 3.55. The van der Waals surface area contributed by atoms with Crippen molar-refractivity contribution in [1.82, 2.24) is 4.98 Å². The number of fused-ring (bicyclic) bond motifs is 1. The van der Waals surface area contributed by atoms with Crippen molar-refractivity contribution in [1.29, 1.82) is 0 Å². The maximum Gasteiger partial charge on any atom is 0.120 e. The Labute approximate surface area is 112 Å². The second-order valence-corrected chi connectivity index (χ2v) is 5.14. The summed E-state index contributed by atoms with van der Waals surface area (Å²) in [4.78, 5) is 3.33. The van der Waals surface area contributed by atoms with E-state index in [9.17, 15) is 0 Å². The molecule has 3 rings (SSSR count). The fourth-order valence-corrected chi connectivity index (χ4v) is 2.75. The maximum absolute atomic E-state index is 6.19. The summed E-state index contributed by atoms with van der Waals surface area (Å²) >= 11 is 0. The van der Waals surface area contributed by atoms with Crippen LogP contribution >= 0.6 is 0 Å². The Bertz CT molecular complexity index is 695. The van der Waals surface area contributed by atoms with Crippen LogP contribution in [0.1, 0.15) is 28.5 Å². The Morgan fingerprint density at radius 1 is 1.32 bits per heavy atom. The summed E-state index contributed by atoms with van der Waals surface area (Å²) in [5, 5.41) is 1.28. The average molecular weight is 254 g/mol. The molecule has 0 saturated heterocycles. The van der Waals surface area contributed by atoms with E-state index in [1.165, 1.54) is 27.6 Å². The van der Waals surface area contributed by atoms with E-state index >= 15 is 0 Å². The Balaban J connectivity index is 1.98. The highest BCUT2D eigenvalue weighted by atomic mass is 16.3. The highest BCUT2D eigenvalue weighted by Crippen LogP contribution is 2.27. The minimum Gasteiger partial charge on any atom is -0.468 e. The van der Waals surface area contributed by atoms with Crippen LogP contribution in [0.3, 0.4) is 0 Å². The van der Waals surface area contributed by atoms with Crippen LogP contribution in [0.2, 0.25) is 0 Å². The Kier molecular flexibility index (Phi) is 2.91. The minimum atomic E-state index is -0.102. The Morgan fingerprint density at radius 3 is 2.89 bits per heavy atom. The van der Waals surface area contributed by atoms with Crippen LogP contribution in [0.4, 0.5) is 0 Å². The van der Waals surface area contributed by atoms with Gasteiger partial charge in [0, 0.05) is 17.1 Å². The summed E-state index contributed by atoms with van der Waals surface area (Å²) in [6, 6.07) is 8.08. The summed E-state index contributed by atoms with van der Waals surface area (Å²) in [5.74, 6) is 0.833. The van der Waals surface area contributed by atoms with Gasteiger partial charge in [0.15, 0.2) is 0 Å². The molecule has 0 aliphatic heterocycles. The van der Waals surface area contributed by atoms with Crippen LogP contribution in [-0.4, -0.2) is 4.98 Å². The van der Waals surface area contributed by atoms with Crippen LogP contribution < -0.4 is 5.73 Å². The molecule has 3 nitrogen and oxygen atoms in total. The largest absolute Gasteiger partial charge is 0.468 e. The summed E-state index contributed by atoms with van der Waals surface area (Å²) in [7, 11) is 0. The molecule has 1 aromatic carbocycles. The number of hydrogen-bond donors (Lipinski definition) is 2. The highest BCUT2D eigenvalue weighted by Gasteiger charge is 2.14. The van der Waals surface area contributed by atoms with Gasteiger partial charge in [0.25, 0.3) is 0 Å². The second kappa shape index (κ2) is 4.59. The quantitative estimate of drug-likeness (QED) is 0.750. The highest BCUT2D eigenvalue weighted by molar-refractivity contribution is 5.87. The minimum absolute atomic E-state index is 0.102. The molecule has 2 heterocycles. The molecule has 1 atom stereocenters. The van der Waals surface area contributed by atoms with Crippen molar-refractivity contribution in [2.24, 2.45) is 5.73 Å². The van der Waals surface area contributed by atoms with Gasteiger partial charge in [-0.1, -0.05) is 6.07 Å². The molecule has 19 heavy (non-hydrogen) atoms. The monoisotopic (exact) mass is 254 g/mol. The third kappa shape index (κ3) is 2.17. The Hall–Kier alpha value is -2.00. The number of aromatic nitrogens is 1. The Morgan fingerprint density at radius 2 is 2.16 bits per heavy atom. The lowest BCUT2D eigenvalue weighted by Crippen LogP contribution is -2.12. The number of hydrogen-bond acceptors (Lipinski definition) is 2. The van der Waals surface area contributed by atoms with Crippen LogP contribution in [0.15, 0.2) is 41.1 Å². The molecule has 3 N–H and O–H groups in total. The molecule has 0 aliphatic carbocycles. The van der Waals surface area contributed by atoms with Gasteiger partial charge >= 0.3 is 0 Å². The topological polar surface area (TPSA) is 54.9 Å². The molecule has 0 amide bonds. The molecule has 0 fully saturated rings. The van der Waals surface area contributed by atoms with Gasteiger partial charge in [0.1, 0.15) is 5.76 Å². The number of rotatable bonds is 3. The molecule has 98 valence electrons. The van der Waals surface area contributed by atoms with Crippen molar-refractivity contribution in [2.75, 3.05) is 0 Å². The van der Waals surface area contributed by atoms with Crippen LogP contribution in [0.5, 0.6) is 0 Å². The third-order valence-electron chi connectivity index (χ3n) is 3.55. The first kappa shape index (κ1) is 12.1. The molecule has 3 heteroatoms. The van der Waals surface area contributed by atoms with Crippen molar-refractivity contribution in [3.05, 3.63) is 59.2 Å². The number of nitrogens with two attached hydrogens (primary N) is 1. The van der Waals surface area contributed by atoms with E-state index in [0.717, 1.165) is 12.2 Å². The number of aryl methyl sites for hydroxylation is 2. The van der Waals surface area contributed by atoms with E-state index in [0.29, 0.717) is 0 Å². The molecule has 0 radical (unpaired) electrons. The van der Waals surface area contributed by atoms with Crippen molar-refractivity contribution < 1.29 is 4.42 Å². The smallest absolute Gasteiger partial charge is 0.120 e. The zero-order valence-electron chi connectivity index (χ0n) is 11.2. The predicted octanol–water partition coefficient (Wildman–Crippen LogP) is 3.62. The van der Waals surface area contributed by atoms with Gasteiger partial charge in [-0.15, -0.1) is 0 Å². The molecule has 2 aromatic heterocycles. The molecular formula is C16H18N2O. The average Bonchev–Trinajstić information content (AvgIpc) is 2.98. The van der Waals surface area contributed by atoms with Crippen molar-refractivity contribution in [3.8, 4) is 0 Å². The van der Waals surface area contributed by atoms with Gasteiger partial charge in [-0.25, -0.2) is 0 Å². The van der Waals surface area contributed by atoms with Gasteiger partial charge in [0.05, 0.1) is 12.3 Å². The first-order valence-electron chi connectivity index (χ1n) is 6.51. The lowest BCUT2D eigenvalue weighted by molar-refractivity contribution is 0.465. The number of aromatic amines is 1. The van der Waals surface area contributed by atoms with Gasteiger partial charge in [-0.2, -0.15) is 0 Å². The van der Waals surface area contributed by atoms with E-state index in [4.69, 9.17) is 10.2 Å². The molecule has 0 bridgehead atoms. The summed E-state index contributed by atoms with van der Waals surface area (Å²) < 4.78 is 5.37. The van der Waals surface area contributed by atoms with E-state index in [1.54, 1.807) is 6.26 Å². The summed E-state index contributed by atoms with van der Waals surface area (Å²) in [6.45, 7) is 4.26. The molecule has 0 aliphatic rings. The van der Waals surface area contributed by atoms with E-state index < -0.39 is 0 Å². The van der Waals surface area contributed by atoms with Gasteiger partial charge in [0.2, 0.25) is 0 Å². The molecule has 1 unspecified atom stereocenters. The second-order valence-electron chi connectivity index (χ2n) is 5.14. The van der Waals surface area contributed by atoms with Crippen molar-refractivity contribution in [3.63, 3.8) is 0 Å². The number of benzene rings is 1. The number of H-pyrrole nitrogens is 1. The normalized spacial score (nSPS) is 13.0. The van der Waals surface area contributed by atoms with Crippen molar-refractivity contribution >= 4 is 10.9 Å². The number of furan rings is 1. The van der Waals surface area contributed by atoms with Crippen LogP contribution in [0, 0.1) is 13.8 Å².